The monoisotopic (exact) mass is 267 g/mol. The molecule has 102 valence electrons. The second kappa shape index (κ2) is 5.37. The number of ketones is 1. The summed E-state index contributed by atoms with van der Waals surface area (Å²) in [6.07, 6.45) is 0.525. The lowest BCUT2D eigenvalue weighted by Crippen LogP contribution is -2.09. The van der Waals surface area contributed by atoms with Gasteiger partial charge in [0.2, 0.25) is 0 Å². The normalized spacial score (nSPS) is 16.4. The van der Waals surface area contributed by atoms with Crippen molar-refractivity contribution in [3.05, 3.63) is 59.7 Å². The van der Waals surface area contributed by atoms with Gasteiger partial charge in [-0.1, -0.05) is 30.3 Å². The van der Waals surface area contributed by atoms with Crippen molar-refractivity contribution in [1.29, 1.82) is 0 Å². The van der Waals surface area contributed by atoms with Gasteiger partial charge in [-0.25, -0.2) is 0 Å². The first-order valence-electron chi connectivity index (χ1n) is 6.78. The summed E-state index contributed by atoms with van der Waals surface area (Å²) in [7, 11) is 1.61. The Morgan fingerprint density at radius 1 is 1.25 bits per heavy atom. The van der Waals surface area contributed by atoms with Crippen LogP contribution in [0.4, 0.5) is 5.69 Å². The van der Waals surface area contributed by atoms with E-state index in [1.807, 2.05) is 30.3 Å². The SMILES string of the molecule is COc1cccc(C(=O)CC2CNc3ccccc32)c1. The molecule has 0 radical (unpaired) electrons. The van der Waals surface area contributed by atoms with E-state index in [9.17, 15) is 4.79 Å². The molecule has 2 aromatic carbocycles. The van der Waals surface area contributed by atoms with Gasteiger partial charge in [-0.15, -0.1) is 0 Å². The highest BCUT2D eigenvalue weighted by Crippen LogP contribution is 2.34. The van der Waals surface area contributed by atoms with Gasteiger partial charge in [-0.2, -0.15) is 0 Å². The van der Waals surface area contributed by atoms with Crippen molar-refractivity contribution in [1.82, 2.24) is 0 Å². The summed E-state index contributed by atoms with van der Waals surface area (Å²) in [5.74, 6) is 1.14. The summed E-state index contributed by atoms with van der Waals surface area (Å²) < 4.78 is 5.17. The molecule has 3 rings (SSSR count). The van der Waals surface area contributed by atoms with Gasteiger partial charge in [0, 0.05) is 30.1 Å². The summed E-state index contributed by atoms with van der Waals surface area (Å²) in [6, 6.07) is 15.5. The van der Waals surface area contributed by atoms with Crippen molar-refractivity contribution < 1.29 is 9.53 Å². The van der Waals surface area contributed by atoms with Crippen molar-refractivity contribution in [3.63, 3.8) is 0 Å². The molecule has 1 aliphatic heterocycles. The average molecular weight is 267 g/mol. The molecule has 0 saturated carbocycles. The predicted molar refractivity (Wildman–Crippen MR) is 79.6 cm³/mol. The third-order valence-electron chi connectivity index (χ3n) is 3.76. The number of carbonyl (C=O) groups excluding carboxylic acids is 1. The smallest absolute Gasteiger partial charge is 0.163 e. The molecule has 0 bridgehead atoms. The summed E-state index contributed by atoms with van der Waals surface area (Å²) in [5, 5.41) is 3.35. The van der Waals surface area contributed by atoms with E-state index in [-0.39, 0.29) is 11.7 Å². The molecule has 0 fully saturated rings. The third-order valence-corrected chi connectivity index (χ3v) is 3.76. The Labute approximate surface area is 118 Å². The molecule has 1 N–H and O–H groups in total. The molecule has 20 heavy (non-hydrogen) atoms. The number of methoxy groups -OCH3 is 1. The lowest BCUT2D eigenvalue weighted by molar-refractivity contribution is 0.0975. The van der Waals surface area contributed by atoms with E-state index < -0.39 is 0 Å². The minimum atomic E-state index is 0.160. The van der Waals surface area contributed by atoms with Crippen LogP contribution in [0.1, 0.15) is 28.3 Å². The van der Waals surface area contributed by atoms with Crippen LogP contribution in [0.3, 0.4) is 0 Å². The number of rotatable bonds is 4. The highest BCUT2D eigenvalue weighted by molar-refractivity contribution is 5.97. The lowest BCUT2D eigenvalue weighted by Gasteiger charge is -2.10. The summed E-state index contributed by atoms with van der Waals surface area (Å²) in [4.78, 5) is 12.4. The minimum absolute atomic E-state index is 0.160. The van der Waals surface area contributed by atoms with Crippen LogP contribution in [0.25, 0.3) is 0 Å². The van der Waals surface area contributed by atoms with E-state index in [1.165, 1.54) is 5.56 Å². The highest BCUT2D eigenvalue weighted by atomic mass is 16.5. The van der Waals surface area contributed by atoms with Crippen LogP contribution in [0.5, 0.6) is 5.75 Å². The zero-order valence-corrected chi connectivity index (χ0v) is 11.4. The molecule has 0 amide bonds. The molecular formula is C17H17NO2. The number of hydrogen-bond acceptors (Lipinski definition) is 3. The third kappa shape index (κ3) is 2.39. The highest BCUT2D eigenvalue weighted by Gasteiger charge is 2.24. The first kappa shape index (κ1) is 12.7. The van der Waals surface area contributed by atoms with E-state index >= 15 is 0 Å². The molecule has 0 aliphatic carbocycles. The Bertz CT molecular complexity index is 636. The van der Waals surface area contributed by atoms with Gasteiger partial charge in [0.1, 0.15) is 5.75 Å². The molecule has 1 unspecified atom stereocenters. The lowest BCUT2D eigenvalue weighted by atomic mass is 9.93. The van der Waals surface area contributed by atoms with Gasteiger partial charge in [-0.3, -0.25) is 4.79 Å². The van der Waals surface area contributed by atoms with E-state index in [2.05, 4.69) is 17.4 Å². The maximum atomic E-state index is 12.4. The van der Waals surface area contributed by atoms with E-state index in [0.29, 0.717) is 12.0 Å². The number of hydrogen-bond donors (Lipinski definition) is 1. The number of carbonyl (C=O) groups is 1. The van der Waals surface area contributed by atoms with Gasteiger partial charge >= 0.3 is 0 Å². The number of anilines is 1. The zero-order chi connectivity index (χ0) is 13.9. The minimum Gasteiger partial charge on any atom is -0.497 e. The Morgan fingerprint density at radius 3 is 2.95 bits per heavy atom. The molecule has 0 spiro atoms. The predicted octanol–water partition coefficient (Wildman–Crippen LogP) is 3.48. The fraction of sp³-hybridized carbons (Fsp3) is 0.235. The van der Waals surface area contributed by atoms with Crippen molar-refractivity contribution in [3.8, 4) is 5.75 Å². The fourth-order valence-electron chi connectivity index (χ4n) is 2.68. The summed E-state index contributed by atoms with van der Waals surface area (Å²) in [5.41, 5.74) is 3.11. The first-order chi connectivity index (χ1) is 9.78. The number of Topliss-reactive ketones (excluding diaryl/α,β-unsaturated/α-hetero) is 1. The Balaban J connectivity index is 1.77. The molecule has 1 atom stereocenters. The molecule has 1 heterocycles. The van der Waals surface area contributed by atoms with Crippen LogP contribution in [0.15, 0.2) is 48.5 Å². The second-order valence-electron chi connectivity index (χ2n) is 5.02. The maximum Gasteiger partial charge on any atom is 0.163 e. The Kier molecular flexibility index (Phi) is 3.42. The number of fused-ring (bicyclic) bond motifs is 1. The van der Waals surface area contributed by atoms with Crippen LogP contribution in [0.2, 0.25) is 0 Å². The van der Waals surface area contributed by atoms with Crippen LogP contribution >= 0.6 is 0 Å². The van der Waals surface area contributed by atoms with Gasteiger partial charge in [0.05, 0.1) is 7.11 Å². The molecule has 3 heteroatoms. The molecule has 3 nitrogen and oxygen atoms in total. The number of para-hydroxylation sites is 1. The Hall–Kier alpha value is -2.29. The molecule has 0 aromatic heterocycles. The maximum absolute atomic E-state index is 12.4. The summed E-state index contributed by atoms with van der Waals surface area (Å²) >= 11 is 0. The van der Waals surface area contributed by atoms with Crippen molar-refractivity contribution in [2.24, 2.45) is 0 Å². The first-order valence-corrected chi connectivity index (χ1v) is 6.78. The van der Waals surface area contributed by atoms with E-state index in [4.69, 9.17) is 4.74 Å². The van der Waals surface area contributed by atoms with E-state index in [1.54, 1.807) is 13.2 Å². The zero-order valence-electron chi connectivity index (χ0n) is 11.4. The Morgan fingerprint density at radius 2 is 2.10 bits per heavy atom. The largest absolute Gasteiger partial charge is 0.497 e. The number of nitrogens with one attached hydrogen (secondary N) is 1. The summed E-state index contributed by atoms with van der Waals surface area (Å²) in [6.45, 7) is 0.828. The molecule has 2 aromatic rings. The quantitative estimate of drug-likeness (QED) is 0.862. The van der Waals surface area contributed by atoms with Crippen LogP contribution in [-0.2, 0) is 0 Å². The number of benzene rings is 2. The second-order valence-corrected chi connectivity index (χ2v) is 5.02. The van der Waals surface area contributed by atoms with Gasteiger partial charge < -0.3 is 10.1 Å². The topological polar surface area (TPSA) is 38.3 Å². The van der Waals surface area contributed by atoms with Gasteiger partial charge in [0.15, 0.2) is 5.78 Å². The van der Waals surface area contributed by atoms with Crippen molar-refractivity contribution >= 4 is 11.5 Å². The van der Waals surface area contributed by atoms with Crippen LogP contribution < -0.4 is 10.1 Å². The van der Waals surface area contributed by atoms with E-state index in [0.717, 1.165) is 18.0 Å². The standard InChI is InChI=1S/C17H17NO2/c1-20-14-6-4-5-12(9-14)17(19)10-13-11-18-16-8-3-2-7-15(13)16/h2-9,13,18H,10-11H2,1H3. The molecular weight excluding hydrogens is 250 g/mol. The van der Waals surface area contributed by atoms with Crippen molar-refractivity contribution in [2.75, 3.05) is 19.0 Å². The fourth-order valence-corrected chi connectivity index (χ4v) is 2.68. The molecule has 1 aliphatic rings. The van der Waals surface area contributed by atoms with Crippen molar-refractivity contribution in [2.45, 2.75) is 12.3 Å². The number of ether oxygens (including phenoxy) is 1. The van der Waals surface area contributed by atoms with Crippen LogP contribution in [0, 0.1) is 0 Å². The van der Waals surface area contributed by atoms with Crippen LogP contribution in [-0.4, -0.2) is 19.4 Å². The average Bonchev–Trinajstić information content (AvgIpc) is 2.90. The van der Waals surface area contributed by atoms with Gasteiger partial charge in [0.25, 0.3) is 0 Å². The van der Waals surface area contributed by atoms with Gasteiger partial charge in [-0.05, 0) is 23.8 Å². The molecule has 0 saturated heterocycles.